The summed E-state index contributed by atoms with van der Waals surface area (Å²) in [5.74, 6) is 0.309. The number of hydrogen-bond donors (Lipinski definition) is 0. The van der Waals surface area contributed by atoms with Gasteiger partial charge in [-0.1, -0.05) is 48.6 Å². The number of ketones is 2. The van der Waals surface area contributed by atoms with E-state index in [1.165, 1.54) is 16.2 Å². The molecule has 0 saturated carbocycles. The average molecular weight is 310 g/mol. The Balaban J connectivity index is 1.86. The molecular weight excluding hydrogens is 296 g/mol. The zero-order valence-corrected chi connectivity index (χ0v) is 13.0. The molecule has 2 aliphatic rings. The molecule has 2 nitrogen and oxygen atoms in total. The number of carbonyl (C=O) groups excluding carboxylic acids is 2. The first-order valence-corrected chi connectivity index (χ1v) is 8.13. The highest BCUT2D eigenvalue weighted by molar-refractivity contribution is 6.14. The second kappa shape index (κ2) is 4.75. The zero-order chi connectivity index (χ0) is 16.3. The third kappa shape index (κ3) is 1.83. The van der Waals surface area contributed by atoms with Gasteiger partial charge in [0.25, 0.3) is 0 Å². The van der Waals surface area contributed by atoms with Gasteiger partial charge in [0.05, 0.1) is 0 Å². The highest BCUT2D eigenvalue weighted by atomic mass is 16.1. The molecule has 0 atom stereocenters. The van der Waals surface area contributed by atoms with Gasteiger partial charge in [0.2, 0.25) is 0 Å². The summed E-state index contributed by atoms with van der Waals surface area (Å²) in [6, 6.07) is 12.6. The Morgan fingerprint density at radius 1 is 0.583 bits per heavy atom. The molecule has 114 valence electrons. The Morgan fingerprint density at radius 2 is 1.25 bits per heavy atom. The van der Waals surface area contributed by atoms with Crippen molar-refractivity contribution >= 4 is 45.3 Å². The van der Waals surface area contributed by atoms with Gasteiger partial charge in [0.1, 0.15) is 0 Å². The van der Waals surface area contributed by atoms with E-state index in [4.69, 9.17) is 0 Å². The maximum atomic E-state index is 11.8. The van der Waals surface area contributed by atoms with Crippen LogP contribution in [-0.4, -0.2) is 11.6 Å². The Hall–Kier alpha value is -3.00. The van der Waals surface area contributed by atoms with E-state index in [-0.39, 0.29) is 11.6 Å². The minimum Gasteiger partial charge on any atom is -0.294 e. The summed E-state index contributed by atoms with van der Waals surface area (Å²) in [5, 5.41) is 4.66. The van der Waals surface area contributed by atoms with Crippen LogP contribution in [0, 0.1) is 0 Å². The van der Waals surface area contributed by atoms with Gasteiger partial charge in [-0.25, -0.2) is 0 Å². The normalized spacial score (nSPS) is 15.8. The van der Waals surface area contributed by atoms with Gasteiger partial charge in [0, 0.05) is 12.8 Å². The fraction of sp³-hybridized carbons (Fsp3) is 0.0909. The summed E-state index contributed by atoms with van der Waals surface area (Å²) >= 11 is 0. The maximum Gasteiger partial charge on any atom is 0.160 e. The van der Waals surface area contributed by atoms with Gasteiger partial charge >= 0.3 is 0 Å². The molecule has 0 spiro atoms. The summed E-state index contributed by atoms with van der Waals surface area (Å²) < 4.78 is 0. The van der Waals surface area contributed by atoms with Crippen molar-refractivity contribution in [3.8, 4) is 0 Å². The molecule has 2 heteroatoms. The molecule has 0 amide bonds. The van der Waals surface area contributed by atoms with Crippen LogP contribution in [0.2, 0.25) is 0 Å². The van der Waals surface area contributed by atoms with Crippen LogP contribution >= 0.6 is 0 Å². The van der Waals surface area contributed by atoms with Crippen molar-refractivity contribution in [1.29, 1.82) is 0 Å². The Kier molecular flexibility index (Phi) is 2.66. The van der Waals surface area contributed by atoms with E-state index >= 15 is 0 Å². The van der Waals surface area contributed by atoms with E-state index in [1.54, 1.807) is 12.2 Å². The van der Waals surface area contributed by atoms with Crippen LogP contribution in [-0.2, 0) is 22.4 Å². The first-order chi connectivity index (χ1) is 11.7. The van der Waals surface area contributed by atoms with Crippen molar-refractivity contribution in [2.75, 3.05) is 0 Å². The lowest BCUT2D eigenvalue weighted by atomic mass is 9.86. The lowest BCUT2D eigenvalue weighted by Crippen LogP contribution is -2.07. The van der Waals surface area contributed by atoms with Crippen molar-refractivity contribution in [2.24, 2.45) is 0 Å². The van der Waals surface area contributed by atoms with E-state index in [0.29, 0.717) is 12.8 Å². The molecule has 0 heterocycles. The predicted octanol–water partition coefficient (Wildman–Crippen LogP) is 4.27. The minimum absolute atomic E-state index is 0.155. The third-order valence-corrected chi connectivity index (χ3v) is 5.08. The molecule has 0 aliphatic heterocycles. The second-order valence-corrected chi connectivity index (χ2v) is 6.48. The van der Waals surface area contributed by atoms with Crippen LogP contribution < -0.4 is 0 Å². The van der Waals surface area contributed by atoms with Crippen molar-refractivity contribution < 1.29 is 9.59 Å². The number of allylic oxidation sites excluding steroid dienone is 2. The average Bonchev–Trinajstić information content (AvgIpc) is 2.60. The minimum atomic E-state index is 0.155. The van der Waals surface area contributed by atoms with Gasteiger partial charge in [-0.3, -0.25) is 9.59 Å². The molecule has 3 aromatic rings. The van der Waals surface area contributed by atoms with Gasteiger partial charge in [0.15, 0.2) is 11.6 Å². The quantitative estimate of drug-likeness (QED) is 0.581. The fourth-order valence-electron chi connectivity index (χ4n) is 3.91. The molecule has 0 saturated heterocycles. The van der Waals surface area contributed by atoms with E-state index in [9.17, 15) is 9.59 Å². The SMILES string of the molecule is O=C1C=Cc2c(ccc3c2ccc2c4c(ccc23)C=CC(=O)C4)C1. The van der Waals surface area contributed by atoms with Crippen molar-refractivity contribution in [1.82, 2.24) is 0 Å². The molecule has 5 rings (SSSR count). The van der Waals surface area contributed by atoms with Gasteiger partial charge < -0.3 is 0 Å². The molecule has 0 N–H and O–H groups in total. The number of fused-ring (bicyclic) bond motifs is 7. The number of rotatable bonds is 0. The van der Waals surface area contributed by atoms with Gasteiger partial charge in [-0.05, 0) is 56.0 Å². The fourth-order valence-corrected chi connectivity index (χ4v) is 3.91. The number of carbonyl (C=O) groups is 2. The molecule has 0 radical (unpaired) electrons. The molecule has 0 bridgehead atoms. The topological polar surface area (TPSA) is 34.1 Å². The lowest BCUT2D eigenvalue weighted by Gasteiger charge is -2.17. The van der Waals surface area contributed by atoms with Gasteiger partial charge in [-0.2, -0.15) is 0 Å². The first kappa shape index (κ1) is 13.4. The highest BCUT2D eigenvalue weighted by Gasteiger charge is 2.17. The highest BCUT2D eigenvalue weighted by Crippen LogP contribution is 2.35. The summed E-state index contributed by atoms with van der Waals surface area (Å²) in [6.07, 6.45) is 8.11. The van der Waals surface area contributed by atoms with Crippen molar-refractivity contribution in [2.45, 2.75) is 12.8 Å². The van der Waals surface area contributed by atoms with Gasteiger partial charge in [-0.15, -0.1) is 0 Å². The standard InChI is InChI=1S/C22H14O2/c23-15-5-8-17-14(11-15)3-7-19-18(17)9-10-21-20(19)6-2-13-1-4-16(24)12-22(13)21/h1-10H,11-12H2. The third-order valence-electron chi connectivity index (χ3n) is 5.08. The van der Waals surface area contributed by atoms with Crippen LogP contribution in [0.4, 0.5) is 0 Å². The van der Waals surface area contributed by atoms with Crippen molar-refractivity contribution in [3.05, 3.63) is 70.8 Å². The molecule has 24 heavy (non-hydrogen) atoms. The smallest absolute Gasteiger partial charge is 0.160 e. The van der Waals surface area contributed by atoms with E-state index in [1.807, 2.05) is 12.2 Å². The summed E-state index contributed by atoms with van der Waals surface area (Å²) in [6.45, 7) is 0. The Bertz CT molecular complexity index is 1130. The first-order valence-electron chi connectivity index (χ1n) is 8.13. The van der Waals surface area contributed by atoms with Crippen LogP contribution in [0.15, 0.2) is 48.6 Å². The molecule has 2 aliphatic carbocycles. The Morgan fingerprint density at radius 3 is 2.17 bits per heavy atom. The largest absolute Gasteiger partial charge is 0.294 e. The lowest BCUT2D eigenvalue weighted by molar-refractivity contribution is -0.114. The Labute approximate surface area is 139 Å². The second-order valence-electron chi connectivity index (χ2n) is 6.48. The number of benzene rings is 3. The molecule has 0 aromatic heterocycles. The predicted molar refractivity (Wildman–Crippen MR) is 96.9 cm³/mol. The zero-order valence-electron chi connectivity index (χ0n) is 13.0. The summed E-state index contributed by atoms with van der Waals surface area (Å²) in [7, 11) is 0. The number of hydrogen-bond acceptors (Lipinski definition) is 2. The van der Waals surface area contributed by atoms with Crippen LogP contribution in [0.5, 0.6) is 0 Å². The van der Waals surface area contributed by atoms with Crippen LogP contribution in [0.25, 0.3) is 33.7 Å². The van der Waals surface area contributed by atoms with E-state index < -0.39 is 0 Å². The molecule has 0 fully saturated rings. The van der Waals surface area contributed by atoms with E-state index in [2.05, 4.69) is 36.4 Å². The molecule has 3 aromatic carbocycles. The van der Waals surface area contributed by atoms with Crippen molar-refractivity contribution in [3.63, 3.8) is 0 Å². The maximum absolute atomic E-state index is 11.8. The molecular formula is C22H14O2. The monoisotopic (exact) mass is 310 g/mol. The van der Waals surface area contributed by atoms with E-state index in [0.717, 1.165) is 27.6 Å². The van der Waals surface area contributed by atoms with Crippen LogP contribution in [0.1, 0.15) is 22.3 Å². The summed E-state index contributed by atoms with van der Waals surface area (Å²) in [5.41, 5.74) is 4.48. The molecule has 0 unspecified atom stereocenters. The summed E-state index contributed by atoms with van der Waals surface area (Å²) in [4.78, 5) is 23.5. The van der Waals surface area contributed by atoms with Crippen LogP contribution in [0.3, 0.4) is 0 Å².